The molecule has 6 heterocycles. The minimum Gasteiger partial charge on any atom is -0.468 e. The fourth-order valence-corrected chi connectivity index (χ4v) is 18.3. The molecule has 7 heteroatoms. The highest BCUT2D eigenvalue weighted by molar-refractivity contribution is 7.01. The van der Waals surface area contributed by atoms with Crippen molar-refractivity contribution in [2.24, 2.45) is 0 Å². The van der Waals surface area contributed by atoms with E-state index in [1.54, 1.807) is 0 Å². The molecule has 0 saturated heterocycles. The Balaban J connectivity index is 1.03. The van der Waals surface area contributed by atoms with E-state index < -0.39 is 0 Å². The number of benzene rings is 7. The summed E-state index contributed by atoms with van der Waals surface area (Å²) >= 11 is 0. The zero-order valence-corrected chi connectivity index (χ0v) is 53.0. The van der Waals surface area contributed by atoms with Crippen molar-refractivity contribution >= 4 is 102 Å². The molecule has 3 aliphatic carbocycles. The van der Waals surface area contributed by atoms with Crippen molar-refractivity contribution in [3.05, 3.63) is 173 Å². The summed E-state index contributed by atoms with van der Waals surface area (Å²) in [7, 11) is 0. The summed E-state index contributed by atoms with van der Waals surface area (Å²) in [6, 6.07) is 54.9. The number of hydrogen-bond acceptors (Lipinski definition) is 6. The standard InChI is InChI=1S/C78H85BN4O2/c1-71(2,3)48-27-31-50(32-28-48)80-60-38-37-55-64-69(74(9,10)44-43-73(64,7)8)85-68(55)66(60)79-65-61(80)45-53(83-59-26-18-16-24-57(59)76(12)40-20-22-42-78(76,83)14)46-62(65)81(51-33-29-49(30-34-51)72(4,5)6)67-54-36-35-52(47-63(54)84-70(67)79)82-58-25-17-15-23-56(58)75(11)39-19-21-41-77(75,82)13/h15-18,23-38,45-47H,19-22,39-44H2,1-14H3. The Morgan fingerprint density at radius 1 is 0.424 bits per heavy atom. The third-order valence-electron chi connectivity index (χ3n) is 23.6. The topological polar surface area (TPSA) is 39.2 Å². The predicted molar refractivity (Wildman–Crippen MR) is 358 cm³/mol. The van der Waals surface area contributed by atoms with Crippen LogP contribution in [0.1, 0.15) is 195 Å². The molecule has 4 aliphatic heterocycles. The Labute approximate surface area is 505 Å². The highest BCUT2D eigenvalue weighted by atomic mass is 16.3. The Morgan fingerprint density at radius 3 is 1.49 bits per heavy atom. The minimum atomic E-state index is -0.314. The zero-order chi connectivity index (χ0) is 58.9. The van der Waals surface area contributed by atoms with Gasteiger partial charge in [0.1, 0.15) is 16.9 Å². The predicted octanol–water partition coefficient (Wildman–Crippen LogP) is 19.7. The lowest BCUT2D eigenvalue weighted by molar-refractivity contribution is 0.195. The summed E-state index contributed by atoms with van der Waals surface area (Å²) < 4.78 is 15.7. The molecule has 0 bridgehead atoms. The van der Waals surface area contributed by atoms with Crippen molar-refractivity contribution in [3.8, 4) is 0 Å². The van der Waals surface area contributed by atoms with E-state index >= 15 is 0 Å². The van der Waals surface area contributed by atoms with E-state index in [-0.39, 0.29) is 50.3 Å². The van der Waals surface area contributed by atoms with Gasteiger partial charge in [-0.2, -0.15) is 0 Å². The molecular weight excluding hydrogens is 1040 g/mol. The Morgan fingerprint density at radius 2 is 0.918 bits per heavy atom. The number of para-hydroxylation sites is 2. The van der Waals surface area contributed by atoms with Crippen LogP contribution in [0.3, 0.4) is 0 Å². The zero-order valence-electron chi connectivity index (χ0n) is 53.0. The molecule has 2 fully saturated rings. The molecule has 85 heavy (non-hydrogen) atoms. The molecule has 0 spiro atoms. The van der Waals surface area contributed by atoms with Crippen molar-refractivity contribution in [2.75, 3.05) is 19.6 Å². The quantitative estimate of drug-likeness (QED) is 0.164. The lowest BCUT2D eigenvalue weighted by Crippen LogP contribution is -2.61. The van der Waals surface area contributed by atoms with E-state index in [1.165, 1.54) is 110 Å². The van der Waals surface area contributed by atoms with Crippen LogP contribution in [0.4, 0.5) is 56.9 Å². The lowest BCUT2D eigenvalue weighted by atomic mass is 9.35. The van der Waals surface area contributed by atoms with Crippen LogP contribution in [0, 0.1) is 0 Å². The molecule has 0 amide bonds. The van der Waals surface area contributed by atoms with Crippen LogP contribution >= 0.6 is 0 Å². The first kappa shape index (κ1) is 53.4. The van der Waals surface area contributed by atoms with Gasteiger partial charge in [0.05, 0.1) is 22.4 Å². The molecule has 7 aromatic carbocycles. The summed E-state index contributed by atoms with van der Waals surface area (Å²) in [6.07, 6.45) is 11.7. The first-order valence-corrected chi connectivity index (χ1v) is 32.3. The van der Waals surface area contributed by atoms with E-state index in [9.17, 15) is 0 Å². The van der Waals surface area contributed by atoms with Gasteiger partial charge in [-0.3, -0.25) is 0 Å². The molecule has 9 aromatic rings. The van der Waals surface area contributed by atoms with Gasteiger partial charge in [0.25, 0.3) is 0 Å². The fraction of sp³-hybridized carbons (Fsp3) is 0.410. The maximum absolute atomic E-state index is 7.97. The summed E-state index contributed by atoms with van der Waals surface area (Å²) in [5, 5.41) is 2.35. The number of rotatable bonds is 4. The highest BCUT2D eigenvalue weighted by Gasteiger charge is 2.60. The molecular formula is C78H85BN4O2. The van der Waals surface area contributed by atoms with Crippen molar-refractivity contribution in [1.82, 2.24) is 0 Å². The van der Waals surface area contributed by atoms with E-state index in [0.29, 0.717) is 0 Å². The van der Waals surface area contributed by atoms with Gasteiger partial charge in [-0.15, -0.1) is 0 Å². The molecule has 4 unspecified atom stereocenters. The summed E-state index contributed by atoms with van der Waals surface area (Å²) in [4.78, 5) is 10.7. The van der Waals surface area contributed by atoms with Gasteiger partial charge in [0.2, 0.25) is 0 Å². The van der Waals surface area contributed by atoms with Crippen LogP contribution < -0.4 is 36.2 Å². The minimum absolute atomic E-state index is 0.0146. The Hall–Kier alpha value is -7.12. The molecule has 432 valence electrons. The average Bonchev–Trinajstić information content (AvgIpc) is 1.87. The number of nitrogens with zero attached hydrogens (tertiary/aromatic N) is 4. The molecule has 16 rings (SSSR count). The van der Waals surface area contributed by atoms with E-state index in [0.717, 1.165) is 82.8 Å². The van der Waals surface area contributed by atoms with E-state index in [4.69, 9.17) is 8.83 Å². The molecule has 0 N–H and O–H groups in total. The number of anilines is 10. The summed E-state index contributed by atoms with van der Waals surface area (Å²) in [5.74, 6) is 1.13. The molecule has 7 aliphatic rings. The number of fused-ring (bicyclic) bond motifs is 16. The maximum atomic E-state index is 7.97. The van der Waals surface area contributed by atoms with Gasteiger partial charge in [-0.05, 0) is 169 Å². The second-order valence-corrected chi connectivity index (χ2v) is 31.4. The Kier molecular flexibility index (Phi) is 10.9. The monoisotopic (exact) mass is 1120 g/mol. The summed E-state index contributed by atoms with van der Waals surface area (Å²) in [5.41, 5.74) is 23.6. The van der Waals surface area contributed by atoms with Crippen molar-refractivity contribution in [1.29, 1.82) is 0 Å². The van der Waals surface area contributed by atoms with Crippen molar-refractivity contribution < 1.29 is 8.83 Å². The number of hydrogen-bond donors (Lipinski definition) is 0. The van der Waals surface area contributed by atoms with Gasteiger partial charge in [-0.25, -0.2) is 0 Å². The van der Waals surface area contributed by atoms with E-state index in [2.05, 4.69) is 256 Å². The second-order valence-electron chi connectivity index (χ2n) is 31.4. The highest BCUT2D eigenvalue weighted by Crippen LogP contribution is 2.64. The largest absolute Gasteiger partial charge is 0.468 e. The van der Waals surface area contributed by atoms with Crippen molar-refractivity contribution in [3.63, 3.8) is 0 Å². The molecule has 2 saturated carbocycles. The van der Waals surface area contributed by atoms with Gasteiger partial charge in [-0.1, -0.05) is 169 Å². The lowest BCUT2D eigenvalue weighted by Gasteiger charge is -2.51. The van der Waals surface area contributed by atoms with Gasteiger partial charge >= 0.3 is 6.71 Å². The third kappa shape index (κ3) is 7.02. The number of furan rings is 2. The first-order chi connectivity index (χ1) is 40.4. The smallest absolute Gasteiger partial charge is 0.301 e. The van der Waals surface area contributed by atoms with Crippen LogP contribution in [0.15, 0.2) is 148 Å². The molecule has 0 radical (unpaired) electrons. The average molecular weight is 1120 g/mol. The van der Waals surface area contributed by atoms with Gasteiger partial charge in [0, 0.05) is 95.3 Å². The van der Waals surface area contributed by atoms with Crippen LogP contribution in [0.5, 0.6) is 0 Å². The van der Waals surface area contributed by atoms with Crippen LogP contribution in [-0.4, -0.2) is 17.8 Å². The SMILES string of the molecule is CC(C)(C)c1ccc(N2c3cc(N4c5ccccc5C5(C)CCCCC45C)cc4c3B(c3oc5cc(N6c7ccccc7C7(C)CCCCC67C)ccc5c3N4c3ccc(C(C)(C)C)cc3)c3c2ccc2c4c(oc32)C(C)(C)CCC4(C)C)cc1. The normalized spacial score (nSPS) is 25.1. The van der Waals surface area contributed by atoms with Crippen LogP contribution in [-0.2, 0) is 32.5 Å². The fourth-order valence-electron chi connectivity index (χ4n) is 18.3. The first-order valence-electron chi connectivity index (χ1n) is 32.3. The summed E-state index contributed by atoms with van der Waals surface area (Å²) in [6.45, 7) is 33.5. The van der Waals surface area contributed by atoms with E-state index in [1.807, 2.05) is 0 Å². The second kappa shape index (κ2) is 17.3. The van der Waals surface area contributed by atoms with Gasteiger partial charge in [0.15, 0.2) is 0 Å². The van der Waals surface area contributed by atoms with Crippen molar-refractivity contribution in [2.45, 2.75) is 205 Å². The van der Waals surface area contributed by atoms with Crippen LogP contribution in [0.25, 0.3) is 21.9 Å². The van der Waals surface area contributed by atoms with Gasteiger partial charge < -0.3 is 28.4 Å². The third-order valence-corrected chi connectivity index (χ3v) is 23.6. The van der Waals surface area contributed by atoms with Crippen LogP contribution in [0.2, 0.25) is 0 Å². The molecule has 6 nitrogen and oxygen atoms in total. The molecule has 2 aromatic heterocycles. The maximum Gasteiger partial charge on any atom is 0.301 e. The Bertz CT molecular complexity index is 4280. The molecule has 4 atom stereocenters.